The number of aromatic nitrogens is 1. The molecule has 13 nitrogen and oxygen atoms in total. The summed E-state index contributed by atoms with van der Waals surface area (Å²) in [5.41, 5.74) is 3.27. The van der Waals surface area contributed by atoms with E-state index in [1.807, 2.05) is 61.7 Å². The molecule has 0 spiro atoms. The monoisotopic (exact) mass is 818 g/mol. The van der Waals surface area contributed by atoms with Crippen LogP contribution in [0.5, 0.6) is 0 Å². The first-order valence-corrected chi connectivity index (χ1v) is 22.2. The highest BCUT2D eigenvalue weighted by Crippen LogP contribution is 2.29. The summed E-state index contributed by atoms with van der Waals surface area (Å²) < 4.78 is 11.3. The van der Waals surface area contributed by atoms with Crippen molar-refractivity contribution in [3.63, 3.8) is 0 Å². The first kappa shape index (κ1) is 43.6. The molecular formula is C44H62N6O7S. The number of hydrogen-bond donors (Lipinski definition) is 4. The van der Waals surface area contributed by atoms with Crippen molar-refractivity contribution in [1.82, 2.24) is 30.7 Å². The standard InChI is InChI=1S/C44H62N6O7S/c1-30-26-50(27-31(2)57-30)42(53)23-35(22-34-13-8-12-33-11-6-7-14-37(33)34)43(54)48-39(24-36-28-58-29-46-36)44(55)47-38(21-32-9-4-3-5-10-32)40(51)25-41(52)45-15-16-49-17-19-56-20-18-49/h6-8,11-14,28-32,35,38-40,51H,3-5,9-10,15-27H2,1-2H3,(H,45,52)(H,47,55)(H,48,54)/t30?,31?,35-,38+,39?,40+/m1/s1. The van der Waals surface area contributed by atoms with Crippen molar-refractivity contribution in [1.29, 1.82) is 0 Å². The number of carbonyl (C=O) groups excluding carboxylic acids is 4. The van der Waals surface area contributed by atoms with Crippen molar-refractivity contribution in [2.24, 2.45) is 11.8 Å². The van der Waals surface area contributed by atoms with E-state index >= 15 is 0 Å². The van der Waals surface area contributed by atoms with Crippen molar-refractivity contribution in [2.75, 3.05) is 52.5 Å². The molecule has 6 rings (SSSR count). The molecule has 1 aliphatic carbocycles. The van der Waals surface area contributed by atoms with Crippen molar-refractivity contribution in [2.45, 2.75) is 108 Å². The lowest BCUT2D eigenvalue weighted by atomic mass is 9.83. The second-order valence-corrected chi connectivity index (χ2v) is 17.2. The van der Waals surface area contributed by atoms with Crippen LogP contribution in [0.2, 0.25) is 0 Å². The van der Waals surface area contributed by atoms with Gasteiger partial charge in [0.15, 0.2) is 0 Å². The number of benzene rings is 2. The molecule has 2 saturated heterocycles. The van der Waals surface area contributed by atoms with Gasteiger partial charge in [0.1, 0.15) is 6.04 Å². The number of aliphatic hydroxyl groups is 1. The number of ether oxygens (including phenoxy) is 2. The molecule has 3 heterocycles. The number of nitrogens with zero attached hydrogens (tertiary/aromatic N) is 3. The Morgan fingerprint density at radius 2 is 1.66 bits per heavy atom. The van der Waals surface area contributed by atoms with Crippen LogP contribution in [0, 0.1) is 11.8 Å². The maximum Gasteiger partial charge on any atom is 0.243 e. The van der Waals surface area contributed by atoms with Crippen molar-refractivity contribution < 1.29 is 33.8 Å². The van der Waals surface area contributed by atoms with Gasteiger partial charge in [0.25, 0.3) is 0 Å². The Bertz CT molecular complexity index is 1770. The third-order valence-corrected chi connectivity index (χ3v) is 12.4. The summed E-state index contributed by atoms with van der Waals surface area (Å²) in [6.45, 7) is 8.91. The van der Waals surface area contributed by atoms with E-state index in [2.05, 4.69) is 25.8 Å². The van der Waals surface area contributed by atoms with Crippen LogP contribution in [-0.4, -0.2) is 126 Å². The fraction of sp³-hybridized carbons (Fsp3) is 0.614. The molecule has 0 bridgehead atoms. The highest BCUT2D eigenvalue weighted by atomic mass is 32.1. The quantitative estimate of drug-likeness (QED) is 0.149. The van der Waals surface area contributed by atoms with Gasteiger partial charge in [-0.05, 0) is 48.9 Å². The van der Waals surface area contributed by atoms with E-state index < -0.39 is 35.9 Å². The smallest absolute Gasteiger partial charge is 0.243 e. The summed E-state index contributed by atoms with van der Waals surface area (Å²) in [6, 6.07) is 12.2. The SMILES string of the molecule is CC1CN(C(=O)C[C@@H](Cc2cccc3ccccc23)C(=O)NC(Cc2cscn2)C(=O)N[C@@H](CC2CCCCC2)[C@@H](O)CC(=O)NCCN2CCOCC2)CC(C)O1. The molecule has 1 saturated carbocycles. The number of aliphatic hydroxyl groups excluding tert-OH is 1. The summed E-state index contributed by atoms with van der Waals surface area (Å²) in [6.07, 6.45) is 4.71. The van der Waals surface area contributed by atoms with Crippen LogP contribution in [0.4, 0.5) is 0 Å². The Labute approximate surface area is 346 Å². The minimum Gasteiger partial charge on any atom is -0.390 e. The van der Waals surface area contributed by atoms with Crippen molar-refractivity contribution in [3.8, 4) is 0 Å². The molecule has 14 heteroatoms. The lowest BCUT2D eigenvalue weighted by Gasteiger charge is -2.36. The molecule has 3 unspecified atom stereocenters. The molecule has 4 amide bonds. The molecule has 3 aliphatic rings. The van der Waals surface area contributed by atoms with E-state index in [1.54, 1.807) is 10.4 Å². The zero-order valence-corrected chi connectivity index (χ0v) is 34.9. The Hall–Kier alpha value is -3.95. The van der Waals surface area contributed by atoms with E-state index in [9.17, 15) is 24.3 Å². The molecular weight excluding hydrogens is 757 g/mol. The molecule has 2 aliphatic heterocycles. The van der Waals surface area contributed by atoms with Crippen LogP contribution in [0.15, 0.2) is 53.4 Å². The summed E-state index contributed by atoms with van der Waals surface area (Å²) in [5.74, 6) is -1.76. The fourth-order valence-electron chi connectivity index (χ4n) is 8.72. The molecule has 3 aromatic rings. The first-order chi connectivity index (χ1) is 28.1. The van der Waals surface area contributed by atoms with Gasteiger partial charge in [0.05, 0.1) is 61.1 Å². The Morgan fingerprint density at radius 1 is 0.914 bits per heavy atom. The third-order valence-electron chi connectivity index (χ3n) is 11.8. The number of amides is 4. The lowest BCUT2D eigenvalue weighted by Crippen LogP contribution is -2.55. The number of nitrogens with one attached hydrogen (secondary N) is 3. The van der Waals surface area contributed by atoms with Crippen LogP contribution in [0.25, 0.3) is 10.8 Å². The van der Waals surface area contributed by atoms with Crippen molar-refractivity contribution in [3.05, 3.63) is 64.6 Å². The fourth-order valence-corrected chi connectivity index (χ4v) is 9.29. The number of carbonyl (C=O) groups is 4. The van der Waals surface area contributed by atoms with E-state index in [0.29, 0.717) is 63.8 Å². The maximum absolute atomic E-state index is 14.6. The second kappa shape index (κ2) is 21.9. The van der Waals surface area contributed by atoms with Gasteiger partial charge in [-0.3, -0.25) is 24.1 Å². The van der Waals surface area contributed by atoms with Crippen molar-refractivity contribution >= 4 is 45.7 Å². The average Bonchev–Trinajstić information content (AvgIpc) is 3.74. The molecule has 4 N–H and O–H groups in total. The highest BCUT2D eigenvalue weighted by molar-refractivity contribution is 7.07. The molecule has 2 aromatic carbocycles. The van der Waals surface area contributed by atoms with Gasteiger partial charge in [0.2, 0.25) is 23.6 Å². The van der Waals surface area contributed by atoms with Gasteiger partial charge in [-0.2, -0.15) is 0 Å². The first-order valence-electron chi connectivity index (χ1n) is 21.2. The summed E-state index contributed by atoms with van der Waals surface area (Å²) >= 11 is 1.40. The number of fused-ring (bicyclic) bond motifs is 1. The zero-order valence-electron chi connectivity index (χ0n) is 34.1. The van der Waals surface area contributed by atoms with Crippen LogP contribution >= 0.6 is 11.3 Å². The van der Waals surface area contributed by atoms with Gasteiger partial charge in [-0.1, -0.05) is 74.6 Å². The van der Waals surface area contributed by atoms with E-state index in [0.717, 1.165) is 61.5 Å². The van der Waals surface area contributed by atoms with Gasteiger partial charge >= 0.3 is 0 Å². The molecule has 58 heavy (non-hydrogen) atoms. The normalized spacial score (nSPS) is 21.5. The van der Waals surface area contributed by atoms with Crippen LogP contribution in [0.3, 0.4) is 0 Å². The zero-order chi connectivity index (χ0) is 40.9. The number of hydrogen-bond acceptors (Lipinski definition) is 10. The average molecular weight is 819 g/mol. The molecule has 316 valence electrons. The molecule has 0 radical (unpaired) electrons. The van der Waals surface area contributed by atoms with Gasteiger partial charge in [-0.15, -0.1) is 11.3 Å². The third kappa shape index (κ3) is 13.0. The molecule has 1 aromatic heterocycles. The van der Waals surface area contributed by atoms with Crippen LogP contribution in [-0.2, 0) is 41.5 Å². The number of rotatable bonds is 18. The van der Waals surface area contributed by atoms with Crippen LogP contribution < -0.4 is 16.0 Å². The van der Waals surface area contributed by atoms with Gasteiger partial charge < -0.3 is 35.4 Å². The summed E-state index contributed by atoms with van der Waals surface area (Å²) in [4.78, 5) is 64.4. The number of thiazole rings is 1. The number of morpholine rings is 2. The predicted octanol–water partition coefficient (Wildman–Crippen LogP) is 3.86. The van der Waals surface area contributed by atoms with Crippen LogP contribution in [0.1, 0.15) is 76.5 Å². The summed E-state index contributed by atoms with van der Waals surface area (Å²) in [5, 5.41) is 24.5. The van der Waals surface area contributed by atoms with E-state index in [-0.39, 0.29) is 43.3 Å². The molecule has 3 fully saturated rings. The van der Waals surface area contributed by atoms with E-state index in [4.69, 9.17) is 9.47 Å². The largest absolute Gasteiger partial charge is 0.390 e. The minimum atomic E-state index is -1.13. The topological polar surface area (TPSA) is 162 Å². The second-order valence-electron chi connectivity index (χ2n) is 16.5. The Kier molecular flexibility index (Phi) is 16.5. The summed E-state index contributed by atoms with van der Waals surface area (Å²) in [7, 11) is 0. The molecule has 6 atom stereocenters. The van der Waals surface area contributed by atoms with E-state index in [1.165, 1.54) is 11.3 Å². The minimum absolute atomic E-state index is 0.0385. The Morgan fingerprint density at radius 3 is 2.40 bits per heavy atom. The lowest BCUT2D eigenvalue weighted by molar-refractivity contribution is -0.146. The predicted molar refractivity (Wildman–Crippen MR) is 224 cm³/mol. The maximum atomic E-state index is 14.6. The highest BCUT2D eigenvalue weighted by Gasteiger charge is 2.35. The van der Waals surface area contributed by atoms with Gasteiger partial charge in [-0.25, -0.2) is 4.98 Å². The Balaban J connectivity index is 1.19. The van der Waals surface area contributed by atoms with Gasteiger partial charge in [0, 0.05) is 57.5 Å².